The number of aryl methyl sites for hydroxylation is 2. The maximum absolute atomic E-state index is 8.81. The smallest absolute Gasteiger partial charge is 0.163 e. The summed E-state index contributed by atoms with van der Waals surface area (Å²) in [6.45, 7) is 4.04. The Morgan fingerprint density at radius 1 is 1.38 bits per heavy atom. The second-order valence-corrected chi connectivity index (χ2v) is 3.77. The third-order valence-electron chi connectivity index (χ3n) is 2.46. The number of nitrogen functional groups attached to an aromatic ring is 1. The Bertz CT molecular complexity index is 575. The predicted molar refractivity (Wildman–Crippen MR) is 62.2 cm³/mol. The Morgan fingerprint density at radius 2 is 2.12 bits per heavy atom. The van der Waals surface area contributed by atoms with Crippen LogP contribution in [-0.4, -0.2) is 9.78 Å². The summed E-state index contributed by atoms with van der Waals surface area (Å²) in [5.74, 6) is 0.266. The molecule has 0 aliphatic heterocycles. The summed E-state index contributed by atoms with van der Waals surface area (Å²) >= 11 is 0. The van der Waals surface area contributed by atoms with Crippen LogP contribution in [0.25, 0.3) is 5.69 Å². The second-order valence-electron chi connectivity index (χ2n) is 3.77. The molecule has 2 rings (SSSR count). The molecule has 0 bridgehead atoms. The van der Waals surface area contributed by atoms with E-state index in [0.29, 0.717) is 5.56 Å². The molecule has 0 saturated heterocycles. The van der Waals surface area contributed by atoms with Gasteiger partial charge < -0.3 is 5.73 Å². The fraction of sp³-hybridized carbons (Fsp3) is 0.167. The van der Waals surface area contributed by atoms with Crippen molar-refractivity contribution in [1.29, 1.82) is 5.26 Å². The highest BCUT2D eigenvalue weighted by Gasteiger charge is 2.07. The van der Waals surface area contributed by atoms with Crippen molar-refractivity contribution in [2.45, 2.75) is 13.8 Å². The number of aromatic nitrogens is 2. The van der Waals surface area contributed by atoms with E-state index in [1.165, 1.54) is 5.56 Å². The summed E-state index contributed by atoms with van der Waals surface area (Å²) < 4.78 is 1.64. The van der Waals surface area contributed by atoms with Crippen LogP contribution in [0.2, 0.25) is 0 Å². The van der Waals surface area contributed by atoms with Gasteiger partial charge in [-0.1, -0.05) is 17.7 Å². The van der Waals surface area contributed by atoms with Crippen molar-refractivity contribution in [2.75, 3.05) is 5.73 Å². The molecule has 1 aromatic carbocycles. The number of nitrogens with zero attached hydrogens (tertiary/aromatic N) is 3. The fourth-order valence-electron chi connectivity index (χ4n) is 1.66. The van der Waals surface area contributed by atoms with Gasteiger partial charge in [0.15, 0.2) is 5.82 Å². The molecule has 1 aromatic heterocycles. The van der Waals surface area contributed by atoms with Gasteiger partial charge in [0.1, 0.15) is 11.6 Å². The SMILES string of the molecule is Cc1ccc(-n2cc(C#N)c(N)n2)c(C)c1. The zero-order valence-electron chi connectivity index (χ0n) is 9.23. The summed E-state index contributed by atoms with van der Waals surface area (Å²) in [6, 6.07) is 8.05. The van der Waals surface area contributed by atoms with Crippen LogP contribution < -0.4 is 5.73 Å². The lowest BCUT2D eigenvalue weighted by Gasteiger charge is -2.05. The van der Waals surface area contributed by atoms with Crippen LogP contribution in [-0.2, 0) is 0 Å². The molecule has 4 nitrogen and oxygen atoms in total. The summed E-state index contributed by atoms with van der Waals surface area (Å²) in [6.07, 6.45) is 1.65. The minimum Gasteiger partial charge on any atom is -0.381 e. The number of hydrogen-bond acceptors (Lipinski definition) is 3. The molecule has 0 saturated carbocycles. The number of nitrogens with two attached hydrogens (primary N) is 1. The lowest BCUT2D eigenvalue weighted by atomic mass is 10.1. The lowest BCUT2D eigenvalue weighted by molar-refractivity contribution is 0.877. The van der Waals surface area contributed by atoms with E-state index >= 15 is 0 Å². The first-order chi connectivity index (χ1) is 7.61. The van der Waals surface area contributed by atoms with Gasteiger partial charge in [-0.25, -0.2) is 4.68 Å². The molecular formula is C12H12N4. The van der Waals surface area contributed by atoms with Gasteiger partial charge in [0.05, 0.1) is 11.9 Å². The van der Waals surface area contributed by atoms with Crippen LogP contribution in [0.4, 0.5) is 5.82 Å². The fourth-order valence-corrected chi connectivity index (χ4v) is 1.66. The number of hydrogen-bond donors (Lipinski definition) is 1. The molecule has 16 heavy (non-hydrogen) atoms. The summed E-state index contributed by atoms with van der Waals surface area (Å²) in [4.78, 5) is 0. The van der Waals surface area contributed by atoms with Crippen LogP contribution in [0.1, 0.15) is 16.7 Å². The molecule has 0 aliphatic rings. The van der Waals surface area contributed by atoms with Gasteiger partial charge in [0, 0.05) is 0 Å². The average molecular weight is 212 g/mol. The monoisotopic (exact) mass is 212 g/mol. The molecule has 0 amide bonds. The van der Waals surface area contributed by atoms with Gasteiger partial charge in [-0.3, -0.25) is 0 Å². The largest absolute Gasteiger partial charge is 0.381 e. The van der Waals surface area contributed by atoms with Crippen molar-refractivity contribution in [3.63, 3.8) is 0 Å². The molecule has 0 aliphatic carbocycles. The highest BCUT2D eigenvalue weighted by molar-refractivity contribution is 5.50. The molecule has 80 valence electrons. The zero-order valence-corrected chi connectivity index (χ0v) is 9.23. The van der Waals surface area contributed by atoms with E-state index in [0.717, 1.165) is 11.3 Å². The first kappa shape index (κ1) is 10.2. The van der Waals surface area contributed by atoms with Crippen molar-refractivity contribution >= 4 is 5.82 Å². The molecule has 0 spiro atoms. The van der Waals surface area contributed by atoms with E-state index in [9.17, 15) is 0 Å². The zero-order chi connectivity index (χ0) is 11.7. The van der Waals surface area contributed by atoms with E-state index in [1.54, 1.807) is 10.9 Å². The Kier molecular flexibility index (Phi) is 2.37. The molecule has 0 fully saturated rings. The van der Waals surface area contributed by atoms with Crippen molar-refractivity contribution in [1.82, 2.24) is 9.78 Å². The van der Waals surface area contributed by atoms with Crippen LogP contribution in [0.15, 0.2) is 24.4 Å². The van der Waals surface area contributed by atoms with E-state index in [4.69, 9.17) is 11.0 Å². The molecule has 4 heteroatoms. The van der Waals surface area contributed by atoms with E-state index in [2.05, 4.69) is 11.2 Å². The van der Waals surface area contributed by atoms with Crippen LogP contribution in [0.3, 0.4) is 0 Å². The molecule has 1 heterocycles. The highest BCUT2D eigenvalue weighted by Crippen LogP contribution is 2.17. The van der Waals surface area contributed by atoms with Crippen LogP contribution in [0.5, 0.6) is 0 Å². The maximum atomic E-state index is 8.81. The predicted octanol–water partition coefficient (Wildman–Crippen LogP) is 1.94. The van der Waals surface area contributed by atoms with E-state index in [-0.39, 0.29) is 5.82 Å². The summed E-state index contributed by atoms with van der Waals surface area (Å²) in [5, 5.41) is 12.9. The van der Waals surface area contributed by atoms with Crippen molar-refractivity contribution in [3.05, 3.63) is 41.1 Å². The minimum atomic E-state index is 0.266. The van der Waals surface area contributed by atoms with E-state index in [1.807, 2.05) is 32.0 Å². The van der Waals surface area contributed by atoms with Gasteiger partial charge in [-0.2, -0.15) is 5.26 Å². The van der Waals surface area contributed by atoms with Gasteiger partial charge in [0.25, 0.3) is 0 Å². The first-order valence-corrected chi connectivity index (χ1v) is 4.94. The quantitative estimate of drug-likeness (QED) is 0.785. The topological polar surface area (TPSA) is 67.6 Å². The Balaban J connectivity index is 2.55. The normalized spacial score (nSPS) is 10.1. The second kappa shape index (κ2) is 3.70. The Labute approximate surface area is 93.9 Å². The minimum absolute atomic E-state index is 0.266. The van der Waals surface area contributed by atoms with Crippen LogP contribution >= 0.6 is 0 Å². The molecule has 2 N–H and O–H groups in total. The number of rotatable bonds is 1. The maximum Gasteiger partial charge on any atom is 0.163 e. The van der Waals surface area contributed by atoms with E-state index < -0.39 is 0 Å². The molecule has 2 aromatic rings. The molecule has 0 unspecified atom stereocenters. The molecule has 0 radical (unpaired) electrons. The Hall–Kier alpha value is -2.28. The van der Waals surface area contributed by atoms with Crippen molar-refractivity contribution in [2.24, 2.45) is 0 Å². The van der Waals surface area contributed by atoms with Crippen molar-refractivity contribution < 1.29 is 0 Å². The average Bonchev–Trinajstić information content (AvgIpc) is 2.59. The number of anilines is 1. The van der Waals surface area contributed by atoms with Gasteiger partial charge in [0.2, 0.25) is 0 Å². The van der Waals surface area contributed by atoms with Gasteiger partial charge in [-0.05, 0) is 25.5 Å². The molecule has 0 atom stereocenters. The number of benzene rings is 1. The standard InChI is InChI=1S/C12H12N4/c1-8-3-4-11(9(2)5-8)16-7-10(6-13)12(14)15-16/h3-5,7H,1-2H3,(H2,14,15). The Morgan fingerprint density at radius 3 is 2.69 bits per heavy atom. The summed E-state index contributed by atoms with van der Waals surface area (Å²) in [7, 11) is 0. The van der Waals surface area contributed by atoms with Gasteiger partial charge in [-0.15, -0.1) is 5.10 Å². The van der Waals surface area contributed by atoms with Crippen LogP contribution in [0, 0.1) is 25.2 Å². The summed E-state index contributed by atoms with van der Waals surface area (Å²) in [5.41, 5.74) is 9.26. The lowest BCUT2D eigenvalue weighted by Crippen LogP contribution is -1.98. The number of nitriles is 1. The van der Waals surface area contributed by atoms with Crippen molar-refractivity contribution in [3.8, 4) is 11.8 Å². The third-order valence-corrected chi connectivity index (χ3v) is 2.46. The first-order valence-electron chi connectivity index (χ1n) is 4.94. The molecular weight excluding hydrogens is 200 g/mol. The third kappa shape index (κ3) is 1.63. The van der Waals surface area contributed by atoms with Gasteiger partial charge >= 0.3 is 0 Å². The highest BCUT2D eigenvalue weighted by atomic mass is 15.3.